The van der Waals surface area contributed by atoms with Crippen LogP contribution in [-0.2, 0) is 11.3 Å². The van der Waals surface area contributed by atoms with Crippen LogP contribution >= 0.6 is 0 Å². The summed E-state index contributed by atoms with van der Waals surface area (Å²) in [5.41, 5.74) is 2.59. The fraction of sp³-hybridized carbons (Fsp3) is 0.400. The van der Waals surface area contributed by atoms with Crippen LogP contribution in [0.1, 0.15) is 54.4 Å². The molecule has 0 radical (unpaired) electrons. The molecule has 3 aromatic rings. The number of hydrogen-bond donors (Lipinski definition) is 1. The highest BCUT2D eigenvalue weighted by Crippen LogP contribution is 2.26. The van der Waals surface area contributed by atoms with Gasteiger partial charge in [0.15, 0.2) is 0 Å². The van der Waals surface area contributed by atoms with Gasteiger partial charge in [-0.15, -0.1) is 0 Å². The lowest BCUT2D eigenvalue weighted by Gasteiger charge is -2.31. The molecule has 5 nitrogen and oxygen atoms in total. The highest BCUT2D eigenvalue weighted by atomic mass is 16.2. The molecule has 0 aromatic heterocycles. The summed E-state index contributed by atoms with van der Waals surface area (Å²) in [7, 11) is 0. The first-order valence-electron chi connectivity index (χ1n) is 13.1. The normalized spacial score (nSPS) is 17.8. The summed E-state index contributed by atoms with van der Waals surface area (Å²) < 4.78 is 0. The average molecular weight is 470 g/mol. The Hall–Kier alpha value is -3.18. The largest absolute Gasteiger partial charge is 0.339 e. The molecule has 2 amide bonds. The maximum Gasteiger partial charge on any atom is 0.255 e. The van der Waals surface area contributed by atoms with Gasteiger partial charge in [0.25, 0.3) is 5.91 Å². The Morgan fingerprint density at radius 3 is 2.26 bits per heavy atom. The smallest absolute Gasteiger partial charge is 0.255 e. The summed E-state index contributed by atoms with van der Waals surface area (Å²) in [6.07, 6.45) is 6.13. The Labute approximate surface area is 208 Å². The van der Waals surface area contributed by atoms with Gasteiger partial charge in [-0.25, -0.2) is 0 Å². The van der Waals surface area contributed by atoms with Crippen molar-refractivity contribution >= 4 is 28.3 Å². The van der Waals surface area contributed by atoms with Gasteiger partial charge in [-0.05, 0) is 67.2 Å². The zero-order chi connectivity index (χ0) is 24.0. The number of rotatable bonds is 5. The van der Waals surface area contributed by atoms with Crippen LogP contribution in [0.2, 0.25) is 0 Å². The molecule has 2 aliphatic rings. The quantitative estimate of drug-likeness (QED) is 0.521. The lowest BCUT2D eigenvalue weighted by atomic mass is 9.94. The molecule has 2 heterocycles. The van der Waals surface area contributed by atoms with Crippen molar-refractivity contribution in [1.29, 1.82) is 0 Å². The molecule has 0 spiro atoms. The number of carbonyl (C=O) groups is 2. The number of anilines is 1. The Morgan fingerprint density at radius 2 is 1.46 bits per heavy atom. The van der Waals surface area contributed by atoms with E-state index in [0.717, 1.165) is 58.4 Å². The molecule has 2 aliphatic heterocycles. The van der Waals surface area contributed by atoms with Crippen LogP contribution in [0.15, 0.2) is 66.7 Å². The van der Waals surface area contributed by atoms with Crippen LogP contribution in [0.3, 0.4) is 0 Å². The van der Waals surface area contributed by atoms with E-state index < -0.39 is 0 Å². The maximum atomic E-state index is 13.2. The van der Waals surface area contributed by atoms with E-state index in [9.17, 15) is 9.59 Å². The zero-order valence-corrected chi connectivity index (χ0v) is 20.4. The number of amides is 2. The Kier molecular flexibility index (Phi) is 7.43. The summed E-state index contributed by atoms with van der Waals surface area (Å²) in [4.78, 5) is 30.8. The minimum absolute atomic E-state index is 0.0277. The van der Waals surface area contributed by atoms with Crippen molar-refractivity contribution in [2.75, 3.05) is 31.5 Å². The van der Waals surface area contributed by atoms with Crippen molar-refractivity contribution in [2.45, 2.75) is 45.1 Å². The number of hydrogen-bond acceptors (Lipinski definition) is 3. The summed E-state index contributed by atoms with van der Waals surface area (Å²) in [5.74, 6) is 0.0405. The third kappa shape index (κ3) is 5.57. The van der Waals surface area contributed by atoms with E-state index in [1.165, 1.54) is 29.2 Å². The first kappa shape index (κ1) is 23.6. The van der Waals surface area contributed by atoms with Crippen molar-refractivity contribution in [2.24, 2.45) is 5.92 Å². The summed E-state index contributed by atoms with van der Waals surface area (Å²) >= 11 is 0. The predicted molar refractivity (Wildman–Crippen MR) is 141 cm³/mol. The fourth-order valence-corrected chi connectivity index (χ4v) is 5.48. The van der Waals surface area contributed by atoms with Crippen molar-refractivity contribution < 1.29 is 9.59 Å². The number of nitrogens with one attached hydrogen (secondary N) is 1. The van der Waals surface area contributed by atoms with Gasteiger partial charge in [0.1, 0.15) is 0 Å². The second kappa shape index (κ2) is 11.0. The van der Waals surface area contributed by atoms with Crippen LogP contribution in [0.4, 0.5) is 5.69 Å². The van der Waals surface area contributed by atoms with Gasteiger partial charge < -0.3 is 10.2 Å². The van der Waals surface area contributed by atoms with Gasteiger partial charge in [0, 0.05) is 25.6 Å². The molecule has 3 aromatic carbocycles. The third-order valence-electron chi connectivity index (χ3n) is 7.54. The second-order valence-electron chi connectivity index (χ2n) is 9.93. The number of benzene rings is 3. The van der Waals surface area contributed by atoms with Gasteiger partial charge in [0.2, 0.25) is 5.91 Å². The molecule has 2 fully saturated rings. The molecule has 35 heavy (non-hydrogen) atoms. The fourth-order valence-electron chi connectivity index (χ4n) is 5.48. The molecule has 5 rings (SSSR count). The van der Waals surface area contributed by atoms with E-state index in [0.29, 0.717) is 11.3 Å². The topological polar surface area (TPSA) is 52.7 Å². The van der Waals surface area contributed by atoms with Gasteiger partial charge in [-0.2, -0.15) is 0 Å². The van der Waals surface area contributed by atoms with E-state index in [-0.39, 0.29) is 17.7 Å². The van der Waals surface area contributed by atoms with Gasteiger partial charge >= 0.3 is 0 Å². The molecule has 0 saturated carbocycles. The van der Waals surface area contributed by atoms with E-state index >= 15 is 0 Å². The third-order valence-corrected chi connectivity index (χ3v) is 7.54. The number of nitrogens with zero attached hydrogens (tertiary/aromatic N) is 2. The molecular weight excluding hydrogens is 434 g/mol. The lowest BCUT2D eigenvalue weighted by molar-refractivity contribution is -0.121. The minimum atomic E-state index is -0.0277. The SMILES string of the molecule is O=C(Nc1ccccc1C(=O)N1CCCCCC1)C1CCN(Cc2cccc3ccccc23)CC1. The second-order valence-corrected chi connectivity index (χ2v) is 9.93. The number of piperidine rings is 1. The first-order chi connectivity index (χ1) is 17.2. The summed E-state index contributed by atoms with van der Waals surface area (Å²) in [6.45, 7) is 4.31. The standard InChI is InChI=1S/C30H35N3O2/c34-29(31-28-15-6-5-14-27(28)30(35)33-18-7-1-2-8-19-33)24-16-20-32(21-17-24)22-25-12-9-11-23-10-3-4-13-26(23)25/h3-6,9-15,24H,1-2,7-8,16-22H2,(H,31,34). The highest BCUT2D eigenvalue weighted by molar-refractivity contribution is 6.04. The molecular formula is C30H35N3O2. The van der Waals surface area contributed by atoms with Crippen molar-refractivity contribution in [3.63, 3.8) is 0 Å². The number of para-hydroxylation sites is 1. The number of carbonyl (C=O) groups excluding carboxylic acids is 2. The molecule has 182 valence electrons. The van der Waals surface area contributed by atoms with Gasteiger partial charge in [0.05, 0.1) is 11.3 Å². The molecule has 5 heteroatoms. The molecule has 2 saturated heterocycles. The first-order valence-corrected chi connectivity index (χ1v) is 13.1. The number of likely N-dealkylation sites (tertiary alicyclic amines) is 2. The van der Waals surface area contributed by atoms with E-state index in [4.69, 9.17) is 0 Å². The Morgan fingerprint density at radius 1 is 0.771 bits per heavy atom. The van der Waals surface area contributed by atoms with Gasteiger partial charge in [-0.3, -0.25) is 14.5 Å². The zero-order valence-electron chi connectivity index (χ0n) is 20.4. The van der Waals surface area contributed by atoms with Crippen molar-refractivity contribution in [3.8, 4) is 0 Å². The highest BCUT2D eigenvalue weighted by Gasteiger charge is 2.27. The van der Waals surface area contributed by atoms with Crippen molar-refractivity contribution in [1.82, 2.24) is 9.80 Å². The summed E-state index contributed by atoms with van der Waals surface area (Å²) in [6, 6.07) is 22.5. The van der Waals surface area contributed by atoms with Crippen LogP contribution in [0.25, 0.3) is 10.8 Å². The molecule has 0 atom stereocenters. The average Bonchev–Trinajstić information content (AvgIpc) is 3.19. The van der Waals surface area contributed by atoms with E-state index in [2.05, 4.69) is 52.7 Å². The van der Waals surface area contributed by atoms with Gasteiger partial charge in [-0.1, -0.05) is 67.4 Å². The lowest BCUT2D eigenvalue weighted by Crippen LogP contribution is -2.38. The number of fused-ring (bicyclic) bond motifs is 1. The van der Waals surface area contributed by atoms with Crippen LogP contribution in [0.5, 0.6) is 0 Å². The predicted octanol–water partition coefficient (Wildman–Crippen LogP) is 5.71. The molecule has 0 unspecified atom stereocenters. The van der Waals surface area contributed by atoms with Crippen LogP contribution in [0, 0.1) is 5.92 Å². The van der Waals surface area contributed by atoms with Crippen LogP contribution in [-0.4, -0.2) is 47.8 Å². The van der Waals surface area contributed by atoms with E-state index in [1.54, 1.807) is 0 Å². The van der Waals surface area contributed by atoms with Crippen molar-refractivity contribution in [3.05, 3.63) is 77.9 Å². The van der Waals surface area contributed by atoms with Crippen LogP contribution < -0.4 is 5.32 Å². The molecule has 0 aliphatic carbocycles. The minimum Gasteiger partial charge on any atom is -0.339 e. The molecule has 0 bridgehead atoms. The monoisotopic (exact) mass is 469 g/mol. The summed E-state index contributed by atoms with van der Waals surface area (Å²) in [5, 5.41) is 5.68. The molecule has 1 N–H and O–H groups in total. The Balaban J connectivity index is 1.19. The maximum absolute atomic E-state index is 13.2. The Bertz CT molecular complexity index is 1170. The van der Waals surface area contributed by atoms with E-state index in [1.807, 2.05) is 29.2 Å².